The molecule has 3 heterocycles. The molecule has 7 nitrogen and oxygen atoms in total. The van der Waals surface area contributed by atoms with Crippen molar-refractivity contribution in [3.8, 4) is 5.75 Å². The molecule has 2 saturated heterocycles. The monoisotopic (exact) mass is 395 g/mol. The number of rotatable bonds is 5. The third-order valence-corrected chi connectivity index (χ3v) is 5.33. The summed E-state index contributed by atoms with van der Waals surface area (Å²) in [5, 5.41) is 0. The summed E-state index contributed by atoms with van der Waals surface area (Å²) in [6.45, 7) is 2.58. The number of carbonyl (C=O) groups is 2. The maximum Gasteiger partial charge on any atom is 0.245 e. The molecule has 2 aliphatic rings. The van der Waals surface area contributed by atoms with Crippen LogP contribution in [0.25, 0.3) is 0 Å². The van der Waals surface area contributed by atoms with E-state index in [0.29, 0.717) is 45.0 Å². The van der Waals surface area contributed by atoms with Gasteiger partial charge in [-0.1, -0.05) is 30.3 Å². The van der Waals surface area contributed by atoms with Gasteiger partial charge in [-0.2, -0.15) is 0 Å². The summed E-state index contributed by atoms with van der Waals surface area (Å²) in [5.74, 6) is 0.569. The Hall–Kier alpha value is -2.93. The number of amides is 2. The topological polar surface area (TPSA) is 72.0 Å². The van der Waals surface area contributed by atoms with Crippen molar-refractivity contribution in [2.24, 2.45) is 0 Å². The van der Waals surface area contributed by atoms with E-state index >= 15 is 0 Å². The predicted molar refractivity (Wildman–Crippen MR) is 106 cm³/mol. The van der Waals surface area contributed by atoms with Gasteiger partial charge in [0.05, 0.1) is 32.4 Å². The number of nitrogens with zero attached hydrogens (tertiary/aromatic N) is 3. The second-order valence-corrected chi connectivity index (χ2v) is 7.33. The molecule has 4 rings (SSSR count). The van der Waals surface area contributed by atoms with Gasteiger partial charge in [0, 0.05) is 25.7 Å². The van der Waals surface area contributed by atoms with Gasteiger partial charge in [0.25, 0.3) is 0 Å². The quantitative estimate of drug-likeness (QED) is 0.768. The van der Waals surface area contributed by atoms with Gasteiger partial charge in [0.2, 0.25) is 11.8 Å². The summed E-state index contributed by atoms with van der Waals surface area (Å²) in [7, 11) is 0. The van der Waals surface area contributed by atoms with Crippen LogP contribution in [0.3, 0.4) is 0 Å². The lowest BCUT2D eigenvalue weighted by molar-refractivity contribution is -0.146. The Balaban J connectivity index is 1.49. The van der Waals surface area contributed by atoms with E-state index in [-0.39, 0.29) is 24.3 Å². The van der Waals surface area contributed by atoms with Crippen molar-refractivity contribution in [3.05, 3.63) is 60.4 Å². The minimum atomic E-state index is -0.508. The highest BCUT2D eigenvalue weighted by Gasteiger charge is 2.42. The Morgan fingerprint density at radius 2 is 1.90 bits per heavy atom. The molecule has 0 aliphatic carbocycles. The first-order valence-electron chi connectivity index (χ1n) is 9.97. The highest BCUT2D eigenvalue weighted by atomic mass is 16.5. The number of hydrogen-bond acceptors (Lipinski definition) is 5. The molecule has 152 valence electrons. The lowest BCUT2D eigenvalue weighted by atomic mass is 10.1. The first kappa shape index (κ1) is 19.4. The van der Waals surface area contributed by atoms with Crippen LogP contribution in [0.5, 0.6) is 5.75 Å². The SMILES string of the molecule is O=C(C1CC(Oc2cccnc2)CN1C(=O)Cc1ccccc1)N1CCOCC1. The zero-order chi connectivity index (χ0) is 20.1. The fourth-order valence-corrected chi connectivity index (χ4v) is 3.87. The Bertz CT molecular complexity index is 824. The van der Waals surface area contributed by atoms with Crippen LogP contribution in [0, 0.1) is 0 Å². The fraction of sp³-hybridized carbons (Fsp3) is 0.409. The van der Waals surface area contributed by atoms with Gasteiger partial charge >= 0.3 is 0 Å². The Morgan fingerprint density at radius 1 is 1.10 bits per heavy atom. The number of hydrogen-bond donors (Lipinski definition) is 0. The Morgan fingerprint density at radius 3 is 2.62 bits per heavy atom. The zero-order valence-electron chi connectivity index (χ0n) is 16.3. The molecule has 0 bridgehead atoms. The van der Waals surface area contributed by atoms with Gasteiger partial charge in [0.15, 0.2) is 0 Å². The number of morpholine rings is 1. The number of likely N-dealkylation sites (tertiary alicyclic amines) is 1. The predicted octanol–water partition coefficient (Wildman–Crippen LogP) is 1.53. The normalized spacial score (nSPS) is 21.8. The third kappa shape index (κ3) is 4.74. The molecule has 2 fully saturated rings. The molecule has 2 aliphatic heterocycles. The maximum atomic E-state index is 13.2. The number of benzene rings is 1. The molecule has 2 aromatic rings. The molecule has 2 unspecified atom stereocenters. The second-order valence-electron chi connectivity index (χ2n) is 7.33. The van der Waals surface area contributed by atoms with Crippen molar-refractivity contribution in [2.45, 2.75) is 25.0 Å². The largest absolute Gasteiger partial charge is 0.487 e. The molecule has 1 aromatic heterocycles. The smallest absolute Gasteiger partial charge is 0.245 e. The fourth-order valence-electron chi connectivity index (χ4n) is 3.87. The van der Waals surface area contributed by atoms with E-state index in [1.807, 2.05) is 36.4 Å². The van der Waals surface area contributed by atoms with Crippen molar-refractivity contribution in [1.82, 2.24) is 14.8 Å². The number of pyridine rings is 1. The van der Waals surface area contributed by atoms with Crippen LogP contribution in [0.1, 0.15) is 12.0 Å². The van der Waals surface area contributed by atoms with Crippen molar-refractivity contribution in [2.75, 3.05) is 32.8 Å². The maximum absolute atomic E-state index is 13.2. The number of carbonyl (C=O) groups excluding carboxylic acids is 2. The average Bonchev–Trinajstić information content (AvgIpc) is 3.19. The molecule has 0 saturated carbocycles. The van der Waals surface area contributed by atoms with Gasteiger partial charge in [-0.3, -0.25) is 14.6 Å². The zero-order valence-corrected chi connectivity index (χ0v) is 16.3. The van der Waals surface area contributed by atoms with E-state index in [1.165, 1.54) is 0 Å². The molecule has 0 N–H and O–H groups in total. The highest BCUT2D eigenvalue weighted by Crippen LogP contribution is 2.25. The van der Waals surface area contributed by atoms with Gasteiger partial charge in [-0.15, -0.1) is 0 Å². The van der Waals surface area contributed by atoms with E-state index in [2.05, 4.69) is 4.98 Å². The first-order valence-corrected chi connectivity index (χ1v) is 9.97. The van der Waals surface area contributed by atoms with Crippen LogP contribution >= 0.6 is 0 Å². The molecular weight excluding hydrogens is 370 g/mol. The van der Waals surface area contributed by atoms with Crippen LogP contribution in [0.15, 0.2) is 54.9 Å². The molecule has 0 radical (unpaired) electrons. The van der Waals surface area contributed by atoms with Crippen LogP contribution < -0.4 is 4.74 Å². The molecule has 1 aromatic carbocycles. The molecule has 29 heavy (non-hydrogen) atoms. The summed E-state index contributed by atoms with van der Waals surface area (Å²) in [5.41, 5.74) is 0.937. The van der Waals surface area contributed by atoms with Gasteiger partial charge in [0.1, 0.15) is 17.9 Å². The molecule has 2 atom stereocenters. The number of ether oxygens (including phenoxy) is 2. The Kier molecular flexibility index (Phi) is 6.05. The van der Waals surface area contributed by atoms with E-state index in [9.17, 15) is 9.59 Å². The van der Waals surface area contributed by atoms with E-state index in [4.69, 9.17) is 9.47 Å². The number of aromatic nitrogens is 1. The summed E-state index contributed by atoms with van der Waals surface area (Å²) in [6.07, 6.45) is 3.84. The summed E-state index contributed by atoms with van der Waals surface area (Å²) < 4.78 is 11.4. The molecule has 2 amide bonds. The second kappa shape index (κ2) is 9.05. The van der Waals surface area contributed by atoms with Gasteiger partial charge in [-0.25, -0.2) is 0 Å². The molecule has 0 spiro atoms. The van der Waals surface area contributed by atoms with Crippen LogP contribution in [0.4, 0.5) is 0 Å². The van der Waals surface area contributed by atoms with E-state index in [1.54, 1.807) is 28.3 Å². The first-order chi connectivity index (χ1) is 14.2. The van der Waals surface area contributed by atoms with Crippen LogP contribution in [0.2, 0.25) is 0 Å². The standard InChI is InChI=1S/C22H25N3O4/c26-21(13-17-5-2-1-3-6-17)25-16-19(29-18-7-4-8-23-15-18)14-20(25)22(27)24-9-11-28-12-10-24/h1-8,15,19-20H,9-14,16H2. The minimum absolute atomic E-state index is 0.0213. The highest BCUT2D eigenvalue weighted by molar-refractivity contribution is 5.89. The lowest BCUT2D eigenvalue weighted by Crippen LogP contribution is -2.51. The summed E-state index contributed by atoms with van der Waals surface area (Å²) in [6, 6.07) is 12.7. The van der Waals surface area contributed by atoms with E-state index < -0.39 is 6.04 Å². The third-order valence-electron chi connectivity index (χ3n) is 5.33. The minimum Gasteiger partial charge on any atom is -0.487 e. The van der Waals surface area contributed by atoms with Crippen LogP contribution in [-0.4, -0.2) is 71.6 Å². The van der Waals surface area contributed by atoms with Gasteiger partial charge < -0.3 is 19.3 Å². The lowest BCUT2D eigenvalue weighted by Gasteiger charge is -2.32. The molecular formula is C22H25N3O4. The van der Waals surface area contributed by atoms with Gasteiger partial charge in [-0.05, 0) is 17.7 Å². The average molecular weight is 395 g/mol. The van der Waals surface area contributed by atoms with Crippen molar-refractivity contribution < 1.29 is 19.1 Å². The summed E-state index contributed by atoms with van der Waals surface area (Å²) >= 11 is 0. The Labute approximate surface area is 170 Å². The van der Waals surface area contributed by atoms with E-state index in [0.717, 1.165) is 5.56 Å². The van der Waals surface area contributed by atoms with Crippen LogP contribution in [-0.2, 0) is 20.7 Å². The summed E-state index contributed by atoms with van der Waals surface area (Å²) in [4.78, 5) is 33.8. The van der Waals surface area contributed by atoms with Crippen molar-refractivity contribution in [1.29, 1.82) is 0 Å². The molecule has 7 heteroatoms. The van der Waals surface area contributed by atoms with Crippen molar-refractivity contribution >= 4 is 11.8 Å². The van der Waals surface area contributed by atoms with Crippen molar-refractivity contribution in [3.63, 3.8) is 0 Å².